The lowest BCUT2D eigenvalue weighted by molar-refractivity contribution is -0.148. The van der Waals surface area contributed by atoms with E-state index in [1.165, 1.54) is 0 Å². The maximum absolute atomic E-state index is 12.6. The Labute approximate surface area is 126 Å². The van der Waals surface area contributed by atoms with E-state index in [-0.39, 0.29) is 11.6 Å². The number of nitrogens with zero attached hydrogens (tertiary/aromatic N) is 2. The standard InChI is InChI=1S/C15H26N2O4/c1-4-15(12(18)19)7-9-17(11-15)13(20)16-8-5-6-14(2,10-16)21-3/h4-11H2,1-3H3,(H,18,19). The summed E-state index contributed by atoms with van der Waals surface area (Å²) >= 11 is 0. The highest BCUT2D eigenvalue weighted by molar-refractivity contribution is 5.80. The zero-order chi connectivity index (χ0) is 15.7. The molecule has 6 nitrogen and oxygen atoms in total. The molecule has 2 fully saturated rings. The molecule has 2 rings (SSSR count). The fourth-order valence-electron chi connectivity index (χ4n) is 3.39. The van der Waals surface area contributed by atoms with Gasteiger partial charge in [-0.1, -0.05) is 6.92 Å². The molecule has 2 aliphatic rings. The number of methoxy groups -OCH3 is 1. The van der Waals surface area contributed by atoms with Gasteiger partial charge in [-0.2, -0.15) is 0 Å². The summed E-state index contributed by atoms with van der Waals surface area (Å²) in [6.45, 7) is 6.04. The van der Waals surface area contributed by atoms with Crippen molar-refractivity contribution in [1.29, 1.82) is 0 Å². The minimum Gasteiger partial charge on any atom is -0.481 e. The number of urea groups is 1. The van der Waals surface area contributed by atoms with E-state index in [0.29, 0.717) is 32.5 Å². The normalized spacial score (nSPS) is 33.3. The number of rotatable bonds is 3. The van der Waals surface area contributed by atoms with Crippen LogP contribution in [0, 0.1) is 5.41 Å². The first-order valence-electron chi connectivity index (χ1n) is 7.68. The number of ether oxygens (including phenoxy) is 1. The number of piperidine rings is 1. The quantitative estimate of drug-likeness (QED) is 0.862. The van der Waals surface area contributed by atoms with Gasteiger partial charge in [-0.3, -0.25) is 4.79 Å². The summed E-state index contributed by atoms with van der Waals surface area (Å²) in [6, 6.07) is -0.0467. The van der Waals surface area contributed by atoms with Crippen LogP contribution >= 0.6 is 0 Å². The summed E-state index contributed by atoms with van der Waals surface area (Å²) in [5.41, 5.74) is -1.06. The molecule has 2 unspecified atom stereocenters. The Balaban J connectivity index is 2.03. The van der Waals surface area contributed by atoms with Crippen molar-refractivity contribution >= 4 is 12.0 Å². The van der Waals surface area contributed by atoms with Gasteiger partial charge in [0.05, 0.1) is 17.6 Å². The minimum atomic E-state index is -0.791. The third-order valence-corrected chi connectivity index (χ3v) is 5.18. The van der Waals surface area contributed by atoms with Crippen LogP contribution in [0.4, 0.5) is 4.79 Å². The van der Waals surface area contributed by atoms with Crippen LogP contribution in [-0.4, -0.2) is 65.8 Å². The number of carboxylic acid groups (broad SMARTS) is 1. The Morgan fingerprint density at radius 3 is 2.38 bits per heavy atom. The first-order chi connectivity index (χ1) is 9.86. The van der Waals surface area contributed by atoms with E-state index in [9.17, 15) is 14.7 Å². The lowest BCUT2D eigenvalue weighted by Gasteiger charge is -2.41. The van der Waals surface area contributed by atoms with Gasteiger partial charge >= 0.3 is 12.0 Å². The zero-order valence-corrected chi connectivity index (χ0v) is 13.2. The van der Waals surface area contributed by atoms with Gasteiger partial charge in [-0.25, -0.2) is 4.79 Å². The van der Waals surface area contributed by atoms with Gasteiger partial charge < -0.3 is 19.6 Å². The van der Waals surface area contributed by atoms with Crippen LogP contribution in [0.3, 0.4) is 0 Å². The third kappa shape index (κ3) is 3.00. The van der Waals surface area contributed by atoms with Gasteiger partial charge in [0, 0.05) is 26.7 Å². The highest BCUT2D eigenvalue weighted by Gasteiger charge is 2.46. The van der Waals surface area contributed by atoms with Crippen LogP contribution in [0.1, 0.15) is 39.5 Å². The molecule has 0 aromatic heterocycles. The summed E-state index contributed by atoms with van der Waals surface area (Å²) in [5, 5.41) is 9.42. The maximum atomic E-state index is 12.6. The van der Waals surface area contributed by atoms with Crippen LogP contribution in [0.2, 0.25) is 0 Å². The smallest absolute Gasteiger partial charge is 0.320 e. The molecule has 2 amide bonds. The molecule has 1 N–H and O–H groups in total. The lowest BCUT2D eigenvalue weighted by atomic mass is 9.84. The molecule has 2 saturated heterocycles. The van der Waals surface area contributed by atoms with Crippen molar-refractivity contribution < 1.29 is 19.4 Å². The van der Waals surface area contributed by atoms with E-state index in [1.807, 2.05) is 13.8 Å². The van der Waals surface area contributed by atoms with Crippen molar-refractivity contribution in [1.82, 2.24) is 9.80 Å². The summed E-state index contributed by atoms with van der Waals surface area (Å²) in [4.78, 5) is 27.6. The fourth-order valence-corrected chi connectivity index (χ4v) is 3.39. The largest absolute Gasteiger partial charge is 0.481 e. The van der Waals surface area contributed by atoms with Crippen LogP contribution in [0.15, 0.2) is 0 Å². The average molecular weight is 298 g/mol. The lowest BCUT2D eigenvalue weighted by Crippen LogP contribution is -2.53. The molecular weight excluding hydrogens is 272 g/mol. The van der Waals surface area contributed by atoms with Gasteiger partial charge in [0.1, 0.15) is 0 Å². The van der Waals surface area contributed by atoms with Crippen LogP contribution < -0.4 is 0 Å². The number of carbonyl (C=O) groups excluding carboxylic acids is 1. The van der Waals surface area contributed by atoms with Gasteiger partial charge in [-0.15, -0.1) is 0 Å². The van der Waals surface area contributed by atoms with E-state index in [0.717, 1.165) is 19.4 Å². The fraction of sp³-hybridized carbons (Fsp3) is 0.867. The van der Waals surface area contributed by atoms with E-state index >= 15 is 0 Å². The molecule has 2 aliphatic heterocycles. The Hall–Kier alpha value is -1.30. The molecule has 120 valence electrons. The predicted octanol–water partition coefficient (Wildman–Crippen LogP) is 1.79. The first kappa shape index (κ1) is 16.1. The molecule has 6 heteroatoms. The minimum absolute atomic E-state index is 0.0467. The Morgan fingerprint density at radius 2 is 1.86 bits per heavy atom. The molecule has 0 spiro atoms. The number of hydrogen-bond acceptors (Lipinski definition) is 3. The third-order valence-electron chi connectivity index (χ3n) is 5.18. The van der Waals surface area contributed by atoms with Crippen molar-refractivity contribution in [2.75, 3.05) is 33.3 Å². The van der Waals surface area contributed by atoms with Crippen molar-refractivity contribution in [2.24, 2.45) is 5.41 Å². The number of aliphatic carboxylic acids is 1. The molecule has 0 aromatic rings. The molecule has 2 atom stereocenters. The van der Waals surface area contributed by atoms with E-state index < -0.39 is 11.4 Å². The van der Waals surface area contributed by atoms with E-state index in [4.69, 9.17) is 4.74 Å². The highest BCUT2D eigenvalue weighted by Crippen LogP contribution is 2.35. The van der Waals surface area contributed by atoms with E-state index in [1.54, 1.807) is 16.9 Å². The van der Waals surface area contributed by atoms with Crippen LogP contribution in [-0.2, 0) is 9.53 Å². The Morgan fingerprint density at radius 1 is 1.19 bits per heavy atom. The summed E-state index contributed by atoms with van der Waals surface area (Å²) in [7, 11) is 1.68. The zero-order valence-electron chi connectivity index (χ0n) is 13.2. The van der Waals surface area contributed by atoms with E-state index in [2.05, 4.69) is 0 Å². The number of hydrogen-bond donors (Lipinski definition) is 1. The monoisotopic (exact) mass is 298 g/mol. The van der Waals surface area contributed by atoms with Crippen molar-refractivity contribution in [3.63, 3.8) is 0 Å². The van der Waals surface area contributed by atoms with Gasteiger partial charge in [-0.05, 0) is 32.6 Å². The molecule has 0 aromatic carbocycles. The molecule has 2 heterocycles. The average Bonchev–Trinajstić information content (AvgIpc) is 2.92. The number of carbonyl (C=O) groups is 2. The molecule has 0 saturated carbocycles. The van der Waals surface area contributed by atoms with Gasteiger partial charge in [0.15, 0.2) is 0 Å². The van der Waals surface area contributed by atoms with Crippen LogP contribution in [0.25, 0.3) is 0 Å². The van der Waals surface area contributed by atoms with Crippen molar-refractivity contribution in [3.8, 4) is 0 Å². The SMILES string of the molecule is CCC1(C(=O)O)CCN(C(=O)N2CCCC(C)(OC)C2)C1. The van der Waals surface area contributed by atoms with Gasteiger partial charge in [0.2, 0.25) is 0 Å². The summed E-state index contributed by atoms with van der Waals surface area (Å²) < 4.78 is 5.52. The number of amides is 2. The molecule has 0 aliphatic carbocycles. The highest BCUT2D eigenvalue weighted by atomic mass is 16.5. The Bertz CT molecular complexity index is 428. The second-order valence-corrected chi connectivity index (χ2v) is 6.57. The predicted molar refractivity (Wildman–Crippen MR) is 78.2 cm³/mol. The summed E-state index contributed by atoms with van der Waals surface area (Å²) in [6.07, 6.45) is 2.96. The number of carboxylic acids is 1. The van der Waals surface area contributed by atoms with Gasteiger partial charge in [0.25, 0.3) is 0 Å². The summed E-state index contributed by atoms with van der Waals surface area (Å²) in [5.74, 6) is -0.791. The number of likely N-dealkylation sites (tertiary alicyclic amines) is 2. The van der Waals surface area contributed by atoms with Crippen molar-refractivity contribution in [2.45, 2.75) is 45.1 Å². The van der Waals surface area contributed by atoms with Crippen molar-refractivity contribution in [3.05, 3.63) is 0 Å². The molecular formula is C15H26N2O4. The second kappa shape index (κ2) is 5.83. The van der Waals surface area contributed by atoms with Crippen LogP contribution in [0.5, 0.6) is 0 Å². The topological polar surface area (TPSA) is 70.1 Å². The first-order valence-corrected chi connectivity index (χ1v) is 7.68. The Kier molecular flexibility index (Phi) is 4.46. The second-order valence-electron chi connectivity index (χ2n) is 6.57. The maximum Gasteiger partial charge on any atom is 0.320 e. The molecule has 0 radical (unpaired) electrons. The molecule has 0 bridgehead atoms. The molecule has 21 heavy (non-hydrogen) atoms.